The predicted octanol–water partition coefficient (Wildman–Crippen LogP) is 2.39. The van der Waals surface area contributed by atoms with Crippen LogP contribution in [-0.4, -0.2) is 7.05 Å². The molecule has 0 saturated heterocycles. The molecule has 0 bridgehead atoms. The Kier molecular flexibility index (Phi) is 2.53. The summed E-state index contributed by atoms with van der Waals surface area (Å²) in [5.74, 6) is 0. The van der Waals surface area contributed by atoms with Gasteiger partial charge >= 0.3 is 0 Å². The molecule has 1 aliphatic rings. The molecule has 0 radical (unpaired) electrons. The highest BCUT2D eigenvalue weighted by Crippen LogP contribution is 2.22. The molecule has 0 spiro atoms. The van der Waals surface area contributed by atoms with Gasteiger partial charge in [0.2, 0.25) is 0 Å². The maximum absolute atomic E-state index is 3.78. The Morgan fingerprint density at radius 3 is 2.82 bits per heavy atom. The van der Waals surface area contributed by atoms with E-state index in [0.29, 0.717) is 0 Å². The molecule has 60 valence electrons. The van der Waals surface area contributed by atoms with Crippen LogP contribution >= 0.6 is 0 Å². The van der Waals surface area contributed by atoms with Crippen LogP contribution < -0.4 is 5.32 Å². The van der Waals surface area contributed by atoms with Gasteiger partial charge in [0.15, 0.2) is 0 Å². The molecule has 11 heavy (non-hydrogen) atoms. The smallest absolute Gasteiger partial charge is 0.0369 e. The molecule has 1 aliphatic carbocycles. The lowest BCUT2D eigenvalue weighted by molar-refractivity contribution is 0.865. The first-order valence-electron chi connectivity index (χ1n) is 3.98. The lowest BCUT2D eigenvalue weighted by Gasteiger charge is -2.15. The van der Waals surface area contributed by atoms with Crippen molar-refractivity contribution in [3.63, 3.8) is 0 Å². The average Bonchev–Trinajstić information content (AvgIpc) is 2.04. The molecule has 1 N–H and O–H groups in total. The molecule has 0 aromatic rings. The molecule has 1 heteroatoms. The number of hydrogen-bond donors (Lipinski definition) is 1. The summed E-state index contributed by atoms with van der Waals surface area (Å²) in [6.45, 7) is 5.94. The van der Waals surface area contributed by atoms with Crippen LogP contribution in [0.15, 0.2) is 35.6 Å². The van der Waals surface area contributed by atoms with E-state index < -0.39 is 0 Å². The van der Waals surface area contributed by atoms with E-state index in [1.165, 1.54) is 23.3 Å². The quantitative estimate of drug-likeness (QED) is 0.635. The van der Waals surface area contributed by atoms with E-state index in [1.807, 2.05) is 13.1 Å². The standard InChI is InChI=1S/C10H15N/c1-4-9-6-5-8(2)7-10(9)11-3/h4,7,11H,1,5-6H2,2-3H3. The van der Waals surface area contributed by atoms with E-state index in [-0.39, 0.29) is 0 Å². The van der Waals surface area contributed by atoms with Crippen LogP contribution in [0, 0.1) is 0 Å². The number of nitrogens with one attached hydrogen (secondary N) is 1. The van der Waals surface area contributed by atoms with Gasteiger partial charge in [0, 0.05) is 12.7 Å². The number of hydrogen-bond acceptors (Lipinski definition) is 1. The summed E-state index contributed by atoms with van der Waals surface area (Å²) in [6, 6.07) is 0. The van der Waals surface area contributed by atoms with Crippen molar-refractivity contribution in [1.82, 2.24) is 5.32 Å². The fraction of sp³-hybridized carbons (Fsp3) is 0.400. The van der Waals surface area contributed by atoms with E-state index >= 15 is 0 Å². The summed E-state index contributed by atoms with van der Waals surface area (Å²) in [4.78, 5) is 0. The third-order valence-electron chi connectivity index (χ3n) is 2.04. The highest BCUT2D eigenvalue weighted by molar-refractivity contribution is 5.36. The van der Waals surface area contributed by atoms with Gasteiger partial charge in [-0.05, 0) is 31.4 Å². The summed E-state index contributed by atoms with van der Waals surface area (Å²) in [5, 5.41) is 3.17. The van der Waals surface area contributed by atoms with Gasteiger partial charge in [-0.15, -0.1) is 0 Å². The van der Waals surface area contributed by atoms with Gasteiger partial charge in [0.25, 0.3) is 0 Å². The molecule has 0 atom stereocenters. The molecule has 1 rings (SSSR count). The lowest BCUT2D eigenvalue weighted by Crippen LogP contribution is -2.09. The SMILES string of the molecule is C=CC1=C(NC)C=C(C)CC1. The largest absolute Gasteiger partial charge is 0.388 e. The van der Waals surface area contributed by atoms with E-state index in [4.69, 9.17) is 0 Å². The van der Waals surface area contributed by atoms with Gasteiger partial charge in [0.05, 0.1) is 0 Å². The van der Waals surface area contributed by atoms with E-state index in [2.05, 4.69) is 24.9 Å². The van der Waals surface area contributed by atoms with Crippen molar-refractivity contribution in [2.24, 2.45) is 0 Å². The number of likely N-dealkylation sites (N-methyl/N-ethyl adjacent to an activating group) is 1. The van der Waals surface area contributed by atoms with Crippen molar-refractivity contribution in [2.75, 3.05) is 7.05 Å². The molecule has 0 amide bonds. The minimum absolute atomic E-state index is 1.13. The fourth-order valence-electron chi connectivity index (χ4n) is 1.32. The second-order valence-corrected chi connectivity index (χ2v) is 2.88. The summed E-state index contributed by atoms with van der Waals surface area (Å²) in [7, 11) is 1.95. The number of allylic oxidation sites excluding steroid dienone is 4. The van der Waals surface area contributed by atoms with E-state index in [9.17, 15) is 0 Å². The zero-order chi connectivity index (χ0) is 8.27. The molecular formula is C10H15N. The summed E-state index contributed by atoms with van der Waals surface area (Å²) in [6.07, 6.45) is 6.43. The summed E-state index contributed by atoms with van der Waals surface area (Å²) in [5.41, 5.74) is 4.00. The van der Waals surface area contributed by atoms with Crippen molar-refractivity contribution in [2.45, 2.75) is 19.8 Å². The van der Waals surface area contributed by atoms with Crippen molar-refractivity contribution in [3.05, 3.63) is 35.6 Å². The van der Waals surface area contributed by atoms with E-state index in [0.717, 1.165) is 6.42 Å². The van der Waals surface area contributed by atoms with Crippen LogP contribution in [0.5, 0.6) is 0 Å². The topological polar surface area (TPSA) is 12.0 Å². The summed E-state index contributed by atoms with van der Waals surface area (Å²) >= 11 is 0. The molecule has 0 heterocycles. The van der Waals surface area contributed by atoms with Gasteiger partial charge < -0.3 is 5.32 Å². The number of rotatable bonds is 2. The Hall–Kier alpha value is -0.980. The Morgan fingerprint density at radius 2 is 2.27 bits per heavy atom. The molecule has 0 aliphatic heterocycles. The minimum Gasteiger partial charge on any atom is -0.388 e. The van der Waals surface area contributed by atoms with Crippen LogP contribution in [0.2, 0.25) is 0 Å². The van der Waals surface area contributed by atoms with Crippen LogP contribution in [0.3, 0.4) is 0 Å². The fourth-order valence-corrected chi connectivity index (χ4v) is 1.32. The van der Waals surface area contributed by atoms with Crippen molar-refractivity contribution in [1.29, 1.82) is 0 Å². The van der Waals surface area contributed by atoms with Crippen LogP contribution in [0.25, 0.3) is 0 Å². The molecular weight excluding hydrogens is 134 g/mol. The van der Waals surface area contributed by atoms with Crippen molar-refractivity contribution < 1.29 is 0 Å². The Labute approximate surface area is 68.5 Å². The van der Waals surface area contributed by atoms with Crippen molar-refractivity contribution in [3.8, 4) is 0 Å². The first kappa shape index (κ1) is 8.12. The maximum Gasteiger partial charge on any atom is 0.0369 e. The molecule has 0 aromatic heterocycles. The van der Waals surface area contributed by atoms with E-state index in [1.54, 1.807) is 0 Å². The van der Waals surface area contributed by atoms with Gasteiger partial charge in [-0.3, -0.25) is 0 Å². The van der Waals surface area contributed by atoms with Crippen LogP contribution in [0.1, 0.15) is 19.8 Å². The van der Waals surface area contributed by atoms with Crippen molar-refractivity contribution >= 4 is 0 Å². The third kappa shape index (κ3) is 1.73. The maximum atomic E-state index is 3.78. The Balaban J connectivity index is 2.92. The highest BCUT2D eigenvalue weighted by Gasteiger charge is 2.06. The third-order valence-corrected chi connectivity index (χ3v) is 2.04. The molecule has 1 nitrogen and oxygen atoms in total. The van der Waals surface area contributed by atoms with Gasteiger partial charge in [-0.1, -0.05) is 18.2 Å². The zero-order valence-corrected chi connectivity index (χ0v) is 7.28. The van der Waals surface area contributed by atoms with Gasteiger partial charge in [0.1, 0.15) is 0 Å². The zero-order valence-electron chi connectivity index (χ0n) is 7.28. The lowest BCUT2D eigenvalue weighted by atomic mass is 9.97. The normalized spacial score (nSPS) is 17.8. The minimum atomic E-state index is 1.13. The second-order valence-electron chi connectivity index (χ2n) is 2.88. The Morgan fingerprint density at radius 1 is 1.55 bits per heavy atom. The first-order chi connectivity index (χ1) is 5.27. The van der Waals surface area contributed by atoms with Gasteiger partial charge in [-0.25, -0.2) is 0 Å². The Bertz CT molecular complexity index is 221. The molecule has 0 fully saturated rings. The average molecular weight is 149 g/mol. The van der Waals surface area contributed by atoms with Gasteiger partial charge in [-0.2, -0.15) is 0 Å². The molecule has 0 aromatic carbocycles. The molecule has 0 unspecified atom stereocenters. The highest BCUT2D eigenvalue weighted by atomic mass is 14.8. The second kappa shape index (κ2) is 3.42. The first-order valence-corrected chi connectivity index (χ1v) is 3.98. The van der Waals surface area contributed by atoms with Crippen LogP contribution in [0.4, 0.5) is 0 Å². The monoisotopic (exact) mass is 149 g/mol. The molecule has 0 saturated carbocycles. The predicted molar refractivity (Wildman–Crippen MR) is 49.3 cm³/mol. The summed E-state index contributed by atoms with van der Waals surface area (Å²) < 4.78 is 0. The van der Waals surface area contributed by atoms with Crippen LogP contribution in [-0.2, 0) is 0 Å².